The van der Waals surface area contributed by atoms with E-state index in [2.05, 4.69) is 12.6 Å². The largest absolute Gasteiger partial charge is 0.394 e. The first-order valence-corrected chi connectivity index (χ1v) is 5.14. The zero-order valence-electron chi connectivity index (χ0n) is 8.12. The Bertz CT molecular complexity index is 299. The highest BCUT2D eigenvalue weighted by atomic mass is 32.1. The summed E-state index contributed by atoms with van der Waals surface area (Å²) in [6.45, 7) is 0. The molecule has 4 nitrogen and oxygen atoms in total. The quantitative estimate of drug-likeness (QED) is 0.402. The predicted molar refractivity (Wildman–Crippen MR) is 56.7 cm³/mol. The monoisotopic (exact) mass is 214 g/mol. The van der Waals surface area contributed by atoms with Crippen molar-refractivity contribution in [3.63, 3.8) is 0 Å². The van der Waals surface area contributed by atoms with Crippen LogP contribution in [0, 0.1) is 0 Å². The topological polar surface area (TPSA) is 63.4 Å². The first-order valence-electron chi connectivity index (χ1n) is 4.51. The molecule has 1 aliphatic heterocycles. The molecule has 1 aliphatic rings. The molecule has 0 radical (unpaired) electrons. The Hall–Kier alpha value is -0.970. The maximum absolute atomic E-state index is 11.5. The Morgan fingerprint density at radius 1 is 1.29 bits per heavy atom. The lowest BCUT2D eigenvalue weighted by Gasteiger charge is -2.05. The second-order valence-corrected chi connectivity index (χ2v) is 3.69. The summed E-state index contributed by atoms with van der Waals surface area (Å²) in [6.07, 6.45) is 2.33. The maximum atomic E-state index is 11.5. The lowest BCUT2D eigenvalue weighted by molar-refractivity contribution is -0.136. The van der Waals surface area contributed by atoms with E-state index in [-0.39, 0.29) is 17.5 Å². The minimum absolute atomic E-state index is 0.108. The Morgan fingerprint density at radius 3 is 2.36 bits per heavy atom. The second-order valence-electron chi connectivity index (χ2n) is 3.24. The highest BCUT2D eigenvalue weighted by Gasteiger charge is 2.33. The smallest absolute Gasteiger partial charge is 0.276 e. The summed E-state index contributed by atoms with van der Waals surface area (Å²) in [7, 11) is 1.45. The van der Waals surface area contributed by atoms with E-state index in [0.29, 0.717) is 12.0 Å². The maximum Gasteiger partial charge on any atom is 0.276 e. The molecule has 0 aromatic carbocycles. The van der Waals surface area contributed by atoms with Crippen LogP contribution < -0.4 is 5.73 Å². The van der Waals surface area contributed by atoms with Gasteiger partial charge < -0.3 is 5.73 Å². The lowest BCUT2D eigenvalue weighted by Crippen LogP contribution is -2.28. The molecule has 2 amide bonds. The van der Waals surface area contributed by atoms with Crippen molar-refractivity contribution in [2.75, 3.05) is 12.8 Å². The molecule has 78 valence electrons. The number of amides is 2. The molecule has 1 heterocycles. The minimum atomic E-state index is -0.379. The van der Waals surface area contributed by atoms with Crippen molar-refractivity contribution in [2.24, 2.45) is 5.73 Å². The zero-order valence-corrected chi connectivity index (χ0v) is 9.01. The van der Waals surface area contributed by atoms with Gasteiger partial charge in [0.15, 0.2) is 0 Å². The molecule has 0 aromatic rings. The van der Waals surface area contributed by atoms with Gasteiger partial charge in [0.25, 0.3) is 11.8 Å². The van der Waals surface area contributed by atoms with Crippen LogP contribution >= 0.6 is 12.6 Å². The number of unbranched alkanes of at least 4 members (excludes halogenated alkanes) is 1. The summed E-state index contributed by atoms with van der Waals surface area (Å²) >= 11 is 4.07. The number of carbonyl (C=O) groups is 2. The van der Waals surface area contributed by atoms with Gasteiger partial charge in [-0.25, -0.2) is 0 Å². The molecule has 0 aromatic heterocycles. The molecular formula is C9H14N2O2S. The number of rotatable bonds is 4. The Labute approximate surface area is 88.5 Å². The van der Waals surface area contributed by atoms with Crippen molar-refractivity contribution < 1.29 is 9.59 Å². The lowest BCUT2D eigenvalue weighted by atomic mass is 10.1. The van der Waals surface area contributed by atoms with E-state index in [1.165, 1.54) is 7.05 Å². The molecule has 5 heteroatoms. The molecular weight excluding hydrogens is 200 g/mol. The molecule has 0 bridgehead atoms. The summed E-state index contributed by atoms with van der Waals surface area (Å²) in [5, 5.41) is 0. The van der Waals surface area contributed by atoms with Crippen LogP contribution in [0.1, 0.15) is 19.3 Å². The SMILES string of the molecule is CN1C(=O)C(N)=C(CCCCS)C1=O. The fourth-order valence-electron chi connectivity index (χ4n) is 1.37. The molecule has 0 unspecified atom stereocenters. The number of imide groups is 1. The average molecular weight is 214 g/mol. The molecule has 0 saturated carbocycles. The zero-order chi connectivity index (χ0) is 10.7. The highest BCUT2D eigenvalue weighted by molar-refractivity contribution is 7.80. The summed E-state index contributed by atoms with van der Waals surface area (Å²) in [5.41, 5.74) is 6.10. The van der Waals surface area contributed by atoms with Crippen LogP contribution in [0.25, 0.3) is 0 Å². The van der Waals surface area contributed by atoms with Gasteiger partial charge in [0.05, 0.1) is 0 Å². The van der Waals surface area contributed by atoms with Crippen LogP contribution in [-0.4, -0.2) is 29.5 Å². The van der Waals surface area contributed by atoms with E-state index in [1.54, 1.807) is 0 Å². The molecule has 14 heavy (non-hydrogen) atoms. The van der Waals surface area contributed by atoms with Gasteiger partial charge in [-0.2, -0.15) is 12.6 Å². The van der Waals surface area contributed by atoms with Crippen molar-refractivity contribution in [1.82, 2.24) is 4.90 Å². The van der Waals surface area contributed by atoms with Gasteiger partial charge in [0, 0.05) is 12.6 Å². The van der Waals surface area contributed by atoms with E-state index in [9.17, 15) is 9.59 Å². The van der Waals surface area contributed by atoms with Crippen molar-refractivity contribution >= 4 is 24.4 Å². The summed E-state index contributed by atoms with van der Waals surface area (Å²) in [5.74, 6) is 0.146. The van der Waals surface area contributed by atoms with Gasteiger partial charge in [0.1, 0.15) is 5.70 Å². The summed E-state index contributed by atoms with van der Waals surface area (Å²) in [4.78, 5) is 23.8. The first kappa shape index (κ1) is 11.1. The van der Waals surface area contributed by atoms with Gasteiger partial charge in [0.2, 0.25) is 0 Å². The third kappa shape index (κ3) is 1.92. The molecule has 0 atom stereocenters. The third-order valence-electron chi connectivity index (χ3n) is 2.26. The van der Waals surface area contributed by atoms with Crippen molar-refractivity contribution in [1.29, 1.82) is 0 Å². The van der Waals surface area contributed by atoms with Crippen LogP contribution in [0.3, 0.4) is 0 Å². The fraction of sp³-hybridized carbons (Fsp3) is 0.556. The van der Waals surface area contributed by atoms with Gasteiger partial charge >= 0.3 is 0 Å². The van der Waals surface area contributed by atoms with Crippen LogP contribution in [0.2, 0.25) is 0 Å². The number of likely N-dealkylation sites (N-methyl/N-ethyl adjacent to an activating group) is 1. The average Bonchev–Trinajstić information content (AvgIpc) is 2.35. The van der Waals surface area contributed by atoms with E-state index in [4.69, 9.17) is 5.73 Å². The van der Waals surface area contributed by atoms with Gasteiger partial charge in [-0.05, 0) is 25.0 Å². The predicted octanol–water partition coefficient (Wildman–Crippen LogP) is 0.298. The Kier molecular flexibility index (Phi) is 3.57. The number of nitrogens with two attached hydrogens (primary N) is 1. The van der Waals surface area contributed by atoms with Gasteiger partial charge in [-0.3, -0.25) is 14.5 Å². The first-order chi connectivity index (χ1) is 6.59. The molecule has 0 saturated heterocycles. The fourth-order valence-corrected chi connectivity index (χ4v) is 1.60. The van der Waals surface area contributed by atoms with Crippen LogP contribution in [-0.2, 0) is 9.59 Å². The second kappa shape index (κ2) is 4.50. The van der Waals surface area contributed by atoms with E-state index in [1.807, 2.05) is 0 Å². The van der Waals surface area contributed by atoms with Crippen LogP contribution in [0.5, 0.6) is 0 Å². The van der Waals surface area contributed by atoms with E-state index < -0.39 is 0 Å². The van der Waals surface area contributed by atoms with E-state index >= 15 is 0 Å². The van der Waals surface area contributed by atoms with Gasteiger partial charge in [-0.15, -0.1) is 0 Å². The standard InChI is InChI=1S/C9H14N2O2S/c1-11-8(12)6(4-2-3-5-14)7(10)9(11)13/h14H,2-5,10H2,1H3. The van der Waals surface area contributed by atoms with Crippen LogP contribution in [0.4, 0.5) is 0 Å². The number of nitrogens with zero attached hydrogens (tertiary/aromatic N) is 1. The van der Waals surface area contributed by atoms with Crippen molar-refractivity contribution in [2.45, 2.75) is 19.3 Å². The van der Waals surface area contributed by atoms with Crippen molar-refractivity contribution in [3.8, 4) is 0 Å². The van der Waals surface area contributed by atoms with Crippen LogP contribution in [0.15, 0.2) is 11.3 Å². The third-order valence-corrected chi connectivity index (χ3v) is 2.57. The highest BCUT2D eigenvalue weighted by Crippen LogP contribution is 2.20. The normalized spacial score (nSPS) is 17.1. The van der Waals surface area contributed by atoms with Crippen molar-refractivity contribution in [3.05, 3.63) is 11.3 Å². The Morgan fingerprint density at radius 2 is 1.93 bits per heavy atom. The molecule has 2 N–H and O–H groups in total. The number of hydrogen-bond donors (Lipinski definition) is 2. The number of carbonyl (C=O) groups excluding carboxylic acids is 2. The molecule has 0 spiro atoms. The molecule has 0 fully saturated rings. The molecule has 0 aliphatic carbocycles. The summed E-state index contributed by atoms with van der Waals surface area (Å²) < 4.78 is 0. The summed E-state index contributed by atoms with van der Waals surface area (Å²) in [6, 6.07) is 0. The van der Waals surface area contributed by atoms with E-state index in [0.717, 1.165) is 23.5 Å². The Balaban J connectivity index is 2.67. The number of hydrogen-bond acceptors (Lipinski definition) is 4. The van der Waals surface area contributed by atoms with Gasteiger partial charge in [-0.1, -0.05) is 0 Å². The number of thiol groups is 1. The minimum Gasteiger partial charge on any atom is -0.394 e. The molecule has 1 rings (SSSR count).